The lowest BCUT2D eigenvalue weighted by Crippen LogP contribution is -2.08. The third-order valence-electron chi connectivity index (χ3n) is 3.34. The highest BCUT2D eigenvalue weighted by molar-refractivity contribution is 5.76. The van der Waals surface area contributed by atoms with E-state index < -0.39 is 0 Å². The van der Waals surface area contributed by atoms with Crippen LogP contribution in [0.5, 0.6) is 0 Å². The minimum atomic E-state index is -0.210. The second-order valence-corrected chi connectivity index (χ2v) is 4.68. The number of aryl methyl sites for hydroxylation is 1. The predicted molar refractivity (Wildman–Crippen MR) is 72.1 cm³/mol. The zero-order valence-corrected chi connectivity index (χ0v) is 11.0. The fourth-order valence-corrected chi connectivity index (χ4v) is 2.38. The van der Waals surface area contributed by atoms with Crippen LogP contribution in [0.3, 0.4) is 0 Å². The molecule has 0 aliphatic rings. The zero-order chi connectivity index (χ0) is 13.1. The van der Waals surface area contributed by atoms with Crippen LogP contribution in [-0.2, 0) is 6.54 Å². The van der Waals surface area contributed by atoms with Crippen LogP contribution in [0.4, 0.5) is 4.39 Å². The van der Waals surface area contributed by atoms with Gasteiger partial charge in [0.25, 0.3) is 0 Å². The Morgan fingerprint density at radius 1 is 1.44 bits per heavy atom. The summed E-state index contributed by atoms with van der Waals surface area (Å²) in [6.45, 7) is 5.72. The molecule has 1 aromatic heterocycles. The summed E-state index contributed by atoms with van der Waals surface area (Å²) < 4.78 is 15.4. The summed E-state index contributed by atoms with van der Waals surface area (Å²) in [7, 11) is 0. The normalized spacial score (nSPS) is 13.1. The van der Waals surface area contributed by atoms with E-state index in [-0.39, 0.29) is 5.82 Å². The van der Waals surface area contributed by atoms with Crippen molar-refractivity contribution in [3.63, 3.8) is 0 Å². The molecule has 0 bridgehead atoms. The van der Waals surface area contributed by atoms with E-state index in [4.69, 9.17) is 5.73 Å². The number of aromatic nitrogens is 2. The van der Waals surface area contributed by atoms with Crippen molar-refractivity contribution in [2.75, 3.05) is 6.54 Å². The zero-order valence-electron chi connectivity index (χ0n) is 11.0. The number of nitrogens with zero attached hydrogens (tertiary/aromatic N) is 2. The summed E-state index contributed by atoms with van der Waals surface area (Å²) in [5.41, 5.74) is 7.29. The van der Waals surface area contributed by atoms with Gasteiger partial charge >= 0.3 is 0 Å². The maximum atomic E-state index is 13.3. The van der Waals surface area contributed by atoms with Gasteiger partial charge in [0.1, 0.15) is 11.6 Å². The van der Waals surface area contributed by atoms with Crippen LogP contribution >= 0.6 is 0 Å². The van der Waals surface area contributed by atoms with Gasteiger partial charge in [-0.05, 0) is 44.5 Å². The first-order chi connectivity index (χ1) is 8.67. The van der Waals surface area contributed by atoms with E-state index in [2.05, 4.69) is 23.4 Å². The largest absolute Gasteiger partial charge is 0.330 e. The molecule has 2 N–H and O–H groups in total. The standard InChI is InChI=1S/C14H20FN3/c1-3-18-13-9-11(15)6-7-12(13)17-14(18)10(2)5-4-8-16/h6-7,9-10H,3-5,8,16H2,1-2H3. The Labute approximate surface area is 107 Å². The van der Waals surface area contributed by atoms with Crippen LogP contribution in [0.15, 0.2) is 18.2 Å². The number of halogens is 1. The van der Waals surface area contributed by atoms with Crippen LogP contribution in [-0.4, -0.2) is 16.1 Å². The Morgan fingerprint density at radius 2 is 2.22 bits per heavy atom. The van der Waals surface area contributed by atoms with Crippen LogP contribution < -0.4 is 5.73 Å². The van der Waals surface area contributed by atoms with E-state index in [1.54, 1.807) is 12.1 Å². The third kappa shape index (κ3) is 2.38. The van der Waals surface area contributed by atoms with Crippen molar-refractivity contribution in [1.82, 2.24) is 9.55 Å². The summed E-state index contributed by atoms with van der Waals surface area (Å²) in [6.07, 6.45) is 2.00. The molecule has 18 heavy (non-hydrogen) atoms. The van der Waals surface area contributed by atoms with Crippen molar-refractivity contribution in [3.05, 3.63) is 29.8 Å². The first-order valence-corrected chi connectivity index (χ1v) is 6.53. The third-order valence-corrected chi connectivity index (χ3v) is 3.34. The van der Waals surface area contributed by atoms with Gasteiger partial charge in [0.15, 0.2) is 0 Å². The van der Waals surface area contributed by atoms with Crippen LogP contribution in [0, 0.1) is 5.82 Å². The Kier molecular flexibility index (Phi) is 3.97. The molecule has 0 aliphatic carbocycles. The Balaban J connectivity index is 2.43. The van der Waals surface area contributed by atoms with Gasteiger partial charge in [-0.2, -0.15) is 0 Å². The molecule has 1 heterocycles. The first kappa shape index (κ1) is 13.0. The van der Waals surface area contributed by atoms with Gasteiger partial charge < -0.3 is 10.3 Å². The topological polar surface area (TPSA) is 43.8 Å². The number of rotatable bonds is 5. The van der Waals surface area contributed by atoms with Crippen molar-refractivity contribution in [2.45, 2.75) is 39.2 Å². The van der Waals surface area contributed by atoms with Gasteiger partial charge in [0.05, 0.1) is 11.0 Å². The maximum Gasteiger partial charge on any atom is 0.125 e. The van der Waals surface area contributed by atoms with Crippen molar-refractivity contribution in [2.24, 2.45) is 5.73 Å². The molecule has 1 atom stereocenters. The molecule has 0 aliphatic heterocycles. The van der Waals surface area contributed by atoms with E-state index in [1.165, 1.54) is 6.07 Å². The predicted octanol–water partition coefficient (Wildman–Crippen LogP) is 3.04. The second kappa shape index (κ2) is 5.48. The summed E-state index contributed by atoms with van der Waals surface area (Å²) in [4.78, 5) is 4.63. The van der Waals surface area contributed by atoms with Gasteiger partial charge in [-0.1, -0.05) is 6.92 Å². The molecule has 2 rings (SSSR count). The number of fused-ring (bicyclic) bond motifs is 1. The molecule has 0 radical (unpaired) electrons. The molecule has 0 saturated heterocycles. The summed E-state index contributed by atoms with van der Waals surface area (Å²) >= 11 is 0. The minimum absolute atomic E-state index is 0.210. The minimum Gasteiger partial charge on any atom is -0.330 e. The van der Waals surface area contributed by atoms with Crippen molar-refractivity contribution >= 4 is 11.0 Å². The highest BCUT2D eigenvalue weighted by atomic mass is 19.1. The quantitative estimate of drug-likeness (QED) is 0.885. The number of benzene rings is 1. The van der Waals surface area contributed by atoms with Gasteiger partial charge in [-0.3, -0.25) is 0 Å². The second-order valence-electron chi connectivity index (χ2n) is 4.68. The van der Waals surface area contributed by atoms with Crippen molar-refractivity contribution in [1.29, 1.82) is 0 Å². The average Bonchev–Trinajstić information content (AvgIpc) is 2.73. The summed E-state index contributed by atoms with van der Waals surface area (Å²) in [5.74, 6) is 1.17. The molecule has 4 heteroatoms. The lowest BCUT2D eigenvalue weighted by atomic mass is 10.1. The molecule has 98 valence electrons. The summed E-state index contributed by atoms with van der Waals surface area (Å²) in [5, 5.41) is 0. The molecular formula is C14H20FN3. The van der Waals surface area contributed by atoms with Crippen molar-refractivity contribution in [3.8, 4) is 0 Å². The van der Waals surface area contributed by atoms with Gasteiger partial charge in [-0.15, -0.1) is 0 Å². The SMILES string of the molecule is CCn1c(C(C)CCCN)nc2ccc(F)cc21. The smallest absolute Gasteiger partial charge is 0.125 e. The lowest BCUT2D eigenvalue weighted by Gasteiger charge is -2.12. The van der Waals surface area contributed by atoms with E-state index in [0.717, 1.165) is 36.2 Å². The molecule has 0 saturated carbocycles. The fourth-order valence-electron chi connectivity index (χ4n) is 2.38. The Hall–Kier alpha value is -1.42. The van der Waals surface area contributed by atoms with Crippen LogP contribution in [0.2, 0.25) is 0 Å². The number of nitrogens with two attached hydrogens (primary N) is 1. The fraction of sp³-hybridized carbons (Fsp3) is 0.500. The lowest BCUT2D eigenvalue weighted by molar-refractivity contribution is 0.574. The molecule has 3 nitrogen and oxygen atoms in total. The molecular weight excluding hydrogens is 229 g/mol. The number of hydrogen-bond acceptors (Lipinski definition) is 2. The monoisotopic (exact) mass is 249 g/mol. The van der Waals surface area contributed by atoms with Gasteiger partial charge in [0.2, 0.25) is 0 Å². The molecule has 0 amide bonds. The number of hydrogen-bond donors (Lipinski definition) is 1. The Morgan fingerprint density at radius 3 is 2.89 bits per heavy atom. The van der Waals surface area contributed by atoms with E-state index in [0.29, 0.717) is 12.5 Å². The average molecular weight is 249 g/mol. The molecule has 2 aromatic rings. The van der Waals surface area contributed by atoms with Gasteiger partial charge in [0, 0.05) is 12.5 Å². The van der Waals surface area contributed by atoms with E-state index in [9.17, 15) is 4.39 Å². The van der Waals surface area contributed by atoms with E-state index in [1.807, 2.05) is 0 Å². The molecule has 1 unspecified atom stereocenters. The first-order valence-electron chi connectivity index (χ1n) is 6.53. The van der Waals surface area contributed by atoms with Crippen molar-refractivity contribution < 1.29 is 4.39 Å². The molecule has 0 fully saturated rings. The summed E-state index contributed by atoms with van der Waals surface area (Å²) in [6, 6.07) is 4.77. The highest BCUT2D eigenvalue weighted by Gasteiger charge is 2.15. The van der Waals surface area contributed by atoms with Crippen LogP contribution in [0.1, 0.15) is 38.4 Å². The van der Waals surface area contributed by atoms with Gasteiger partial charge in [-0.25, -0.2) is 9.37 Å². The molecule has 1 aromatic carbocycles. The maximum absolute atomic E-state index is 13.3. The number of imidazole rings is 1. The highest BCUT2D eigenvalue weighted by Crippen LogP contribution is 2.25. The van der Waals surface area contributed by atoms with Crippen LogP contribution in [0.25, 0.3) is 11.0 Å². The Bertz CT molecular complexity index is 533. The molecule has 0 spiro atoms. The van der Waals surface area contributed by atoms with E-state index >= 15 is 0 Å².